The first-order chi connectivity index (χ1) is 61.8. The summed E-state index contributed by atoms with van der Waals surface area (Å²) in [7, 11) is -0.0174. The van der Waals surface area contributed by atoms with Crippen LogP contribution < -0.4 is 81.8 Å². The van der Waals surface area contributed by atoms with Crippen LogP contribution in [0.3, 0.4) is 0 Å². The fourth-order valence-electron chi connectivity index (χ4n) is 16.9. The standard InChI is InChI=1S/C24H33N3O3.C21H28N2O2.C17H27N3O4S.C16H31N3O2.C16H25N3O2.C3H5NO.C2H6.H2/c1-5-25-24(28)27-18(3)14-22(26-15-19-8-12-20(29-4)13-9-19)23(27)16-30-21-10-6-17(2)7-11-21;1-15-4-8-19(9-5-15)25-14-21-20(12-16(2)23-21)22-13-17-6-10-18(24-3)11-7-17;1-5-18-17(21)20-13(3)10-15(19-25(4,22)23)16(20)11-24-14-8-6-12(2)7-9-14;2*1-4-18-16(20)19-12(3)9-14(17)15(19)10-21-13-7-5-11(2)6-8-13;1-2-4-3-5;1-2;/h6-13,18,22-23,26H,5,14-16H2,1-4H3,(H,25,28);4-11,16,20-23H,12-14H2,1-3H3;6-9,13,15-16,19H,5,10-11H2,1-4H3,(H,18,21);11-15H,4-10,17H2,1-3H3,(H,18,20);5-8,12,14-15H,4,9-10,17H2,1-3H3,(H,18,20);2H2,1H3;1-2H3;1H/t18-,22+,23+;16-,20+,21+;13-,15+,16+;11?,12-,13?,14+,15+;12-,14+,15+;;;/m11111.../s1/i;;;;;;;1+1. The number of carbonyl (C=O) groups excluding carboxylic acids is 5. The molecule has 0 radical (unpaired) electrons. The van der Waals surface area contributed by atoms with Gasteiger partial charge in [0.1, 0.15) is 60.9 Å². The third kappa shape index (κ3) is 36.2. The van der Waals surface area contributed by atoms with Crippen molar-refractivity contribution in [3.8, 4) is 34.5 Å². The third-order valence-corrected chi connectivity index (χ3v) is 24.5. The minimum absolute atomic E-state index is 0. The number of methoxy groups -OCH3 is 2. The molecule has 0 unspecified atom stereocenters. The molecule has 6 aliphatic rings. The number of likely N-dealkylation sites (tertiary alicyclic amines) is 4. The number of hydrogen-bond acceptors (Lipinski definition) is 20. The largest absolute Gasteiger partial charge is 0.497 e. The van der Waals surface area contributed by atoms with Crippen molar-refractivity contribution in [3.05, 3.63) is 179 Å². The normalized spacial score (nSPS) is 24.1. The van der Waals surface area contributed by atoms with E-state index in [0.717, 1.165) is 98.1 Å². The second-order valence-electron chi connectivity index (χ2n) is 34.3. The lowest BCUT2D eigenvalue weighted by Crippen LogP contribution is -2.53. The number of benzene rings is 6. The predicted molar refractivity (Wildman–Crippen MR) is 517 cm³/mol. The molecular formula is C99H157N15O14S. The number of nitrogens with two attached hydrogens (primary N) is 2. The summed E-state index contributed by atoms with van der Waals surface area (Å²) >= 11 is 0. The molecule has 5 saturated heterocycles. The van der Waals surface area contributed by atoms with E-state index in [0.29, 0.717) is 95.6 Å². The van der Waals surface area contributed by atoms with Gasteiger partial charge in [-0.15, -0.1) is 0 Å². The van der Waals surface area contributed by atoms with Crippen molar-refractivity contribution in [2.24, 2.45) is 22.4 Å². The lowest BCUT2D eigenvalue weighted by Gasteiger charge is -2.32. The number of aliphatic imine (C=N–C) groups is 1. The fourth-order valence-corrected chi connectivity index (χ4v) is 17.7. The van der Waals surface area contributed by atoms with Crippen LogP contribution in [0, 0.1) is 33.6 Å². The molecule has 29 nitrogen and oxygen atoms in total. The Morgan fingerprint density at radius 3 is 1.10 bits per heavy atom. The molecule has 12 rings (SSSR count). The SMILES string of the molecule is CC.CCN=C=O.CCNC(=O)N1[C@H](C)C[C@H](N)[C@@H]1COC1CCC(C)CC1.CCNC(=O)N1[C@H](C)C[C@H](N)[C@@H]1COc1ccc(C)cc1.CCNC(=O)N1[C@H](C)C[C@H](NCc2ccc(OC)cc2)[C@@H]1COc1ccc(C)cc1.CCNC(=O)N1[C@H](C)C[C@H](NS(C)(=O)=O)[C@@H]1COc1ccc(C)cc1.COc1ccc(CN[C@H]2C[C@@H](C)N[C@H]2COc2ccc(C)cc2)cc1.[2HH]. The van der Waals surface area contributed by atoms with Gasteiger partial charge in [0.25, 0.3) is 0 Å². The number of nitrogens with one attached hydrogen (secondary N) is 8. The molecule has 12 N–H and O–H groups in total. The summed E-state index contributed by atoms with van der Waals surface area (Å²) in [5.41, 5.74) is 19.6. The number of urea groups is 4. The van der Waals surface area contributed by atoms with Gasteiger partial charge in [0.05, 0.1) is 63.4 Å². The summed E-state index contributed by atoms with van der Waals surface area (Å²) in [5.74, 6) is 5.82. The van der Waals surface area contributed by atoms with Gasteiger partial charge in [-0.05, 0) is 245 Å². The Bertz CT molecular complexity index is 4370. The summed E-state index contributed by atoms with van der Waals surface area (Å²) in [6.45, 7) is 41.1. The molecular weight excluding hydrogens is 1660 g/mol. The highest BCUT2D eigenvalue weighted by atomic mass is 32.2. The molecule has 8 amide bonds. The maximum absolute atomic E-state index is 12.7. The van der Waals surface area contributed by atoms with Gasteiger partial charge < -0.3 is 101 Å². The Kier molecular flexibility index (Phi) is 47.5. The van der Waals surface area contributed by atoms with Crippen LogP contribution >= 0.6 is 0 Å². The zero-order chi connectivity index (χ0) is 94.7. The molecule has 0 aromatic heterocycles. The number of sulfonamides is 1. The molecule has 6 aromatic rings. The number of hydrogen-bond donors (Lipinski definition) is 10. The van der Waals surface area contributed by atoms with Crippen LogP contribution in [-0.2, 0) is 32.6 Å². The first-order valence-corrected chi connectivity index (χ1v) is 48.4. The van der Waals surface area contributed by atoms with Crippen molar-refractivity contribution < 1.29 is 67.0 Å². The number of aryl methyl sites for hydroxylation is 4. The number of nitrogens with zero attached hydrogens (tertiary/aromatic N) is 5. The van der Waals surface area contributed by atoms with E-state index < -0.39 is 10.0 Å². The van der Waals surface area contributed by atoms with Crippen molar-refractivity contribution in [1.29, 1.82) is 0 Å². The van der Waals surface area contributed by atoms with Gasteiger partial charge in [-0.1, -0.05) is 116 Å². The van der Waals surface area contributed by atoms with Crippen LogP contribution in [0.15, 0.2) is 151 Å². The van der Waals surface area contributed by atoms with E-state index in [1.54, 1.807) is 26.0 Å². The minimum Gasteiger partial charge on any atom is -0.497 e. The Morgan fingerprint density at radius 1 is 0.442 bits per heavy atom. The third-order valence-electron chi connectivity index (χ3n) is 23.8. The van der Waals surface area contributed by atoms with E-state index in [-0.39, 0.29) is 105 Å². The van der Waals surface area contributed by atoms with Gasteiger partial charge in [-0.3, -0.25) is 0 Å². The van der Waals surface area contributed by atoms with Crippen LogP contribution in [0.5, 0.6) is 34.5 Å². The van der Waals surface area contributed by atoms with Crippen molar-refractivity contribution in [2.75, 3.05) is 86.2 Å². The summed E-state index contributed by atoms with van der Waals surface area (Å²) in [6.07, 6.45) is 11.8. The van der Waals surface area contributed by atoms with Gasteiger partial charge in [-0.25, -0.2) is 42.1 Å². The highest BCUT2D eigenvalue weighted by Crippen LogP contribution is 2.33. The molecule has 1 saturated carbocycles. The summed E-state index contributed by atoms with van der Waals surface area (Å²) in [4.78, 5) is 69.1. The smallest absolute Gasteiger partial charge is 0.318 e. The molecule has 5 heterocycles. The molecule has 6 aromatic carbocycles. The van der Waals surface area contributed by atoms with E-state index in [1.807, 2.05) is 193 Å². The fraction of sp³-hybridized carbons (Fsp3) is 0.586. The zero-order valence-corrected chi connectivity index (χ0v) is 81.4. The summed E-state index contributed by atoms with van der Waals surface area (Å²) in [6, 6.07) is 48.6. The van der Waals surface area contributed by atoms with Crippen LogP contribution in [-0.4, -0.2) is 241 Å². The number of rotatable bonds is 30. The highest BCUT2D eigenvalue weighted by molar-refractivity contribution is 7.88. The van der Waals surface area contributed by atoms with E-state index in [1.165, 1.54) is 46.7 Å². The van der Waals surface area contributed by atoms with Crippen LogP contribution in [0.25, 0.3) is 0 Å². The maximum atomic E-state index is 12.7. The molecule has 0 bridgehead atoms. The Morgan fingerprint density at radius 2 is 0.760 bits per heavy atom. The van der Waals surface area contributed by atoms with Crippen molar-refractivity contribution >= 4 is 40.2 Å². The lowest BCUT2D eigenvalue weighted by atomic mass is 9.89. The average molecular weight is 1810 g/mol. The topological polar surface area (TPSA) is 358 Å². The first-order valence-electron chi connectivity index (χ1n) is 46.5. The molecule has 6 fully saturated rings. The lowest BCUT2D eigenvalue weighted by molar-refractivity contribution is -0.00585. The van der Waals surface area contributed by atoms with Crippen molar-refractivity contribution in [1.82, 2.24) is 61.5 Å². The average Bonchev–Trinajstić information content (AvgIpc) is 1.68. The molecule has 718 valence electrons. The number of isocyanates is 1. The molecule has 5 aliphatic heterocycles. The Labute approximate surface area is 772 Å². The van der Waals surface area contributed by atoms with Gasteiger partial charge >= 0.3 is 24.1 Å². The van der Waals surface area contributed by atoms with Gasteiger partial charge in [-0.2, -0.15) is 0 Å². The molecule has 0 spiro atoms. The van der Waals surface area contributed by atoms with Crippen molar-refractivity contribution in [2.45, 2.75) is 285 Å². The van der Waals surface area contributed by atoms with Gasteiger partial charge in [0.15, 0.2) is 0 Å². The summed E-state index contributed by atoms with van der Waals surface area (Å²) < 4.78 is 66.3. The van der Waals surface area contributed by atoms with Gasteiger partial charge in [0, 0.05) is 108 Å². The van der Waals surface area contributed by atoms with Crippen LogP contribution in [0.1, 0.15) is 183 Å². The van der Waals surface area contributed by atoms with Crippen molar-refractivity contribution in [3.63, 3.8) is 0 Å². The Balaban J connectivity index is 0.000000283. The van der Waals surface area contributed by atoms with E-state index >= 15 is 0 Å². The highest BCUT2D eigenvalue weighted by Gasteiger charge is 2.46. The van der Waals surface area contributed by atoms with E-state index in [4.69, 9.17) is 49.4 Å². The second-order valence-corrected chi connectivity index (χ2v) is 36.0. The quantitative estimate of drug-likeness (QED) is 0.0148. The monoisotopic (exact) mass is 1810 g/mol. The molecule has 1 aliphatic carbocycles. The number of ether oxygens (including phenoxy) is 7. The zero-order valence-electron chi connectivity index (χ0n) is 80.5. The number of amides is 8. The van der Waals surface area contributed by atoms with Gasteiger partial charge in [0.2, 0.25) is 16.1 Å². The molecule has 129 heavy (non-hydrogen) atoms. The molecule has 30 heteroatoms. The second kappa shape index (κ2) is 56.8. The van der Waals surface area contributed by atoms with Crippen LogP contribution in [0.2, 0.25) is 0 Å². The van der Waals surface area contributed by atoms with Crippen LogP contribution in [0.4, 0.5) is 19.2 Å². The number of carbonyl (C=O) groups is 4. The minimum atomic E-state index is -3.38. The maximum Gasteiger partial charge on any atom is 0.318 e. The predicted octanol–water partition coefficient (Wildman–Crippen LogP) is 14.1. The van der Waals surface area contributed by atoms with E-state index in [9.17, 15) is 27.6 Å². The summed E-state index contributed by atoms with van der Waals surface area (Å²) in [5, 5.41) is 22.4. The molecule has 15 atom stereocenters. The Hall–Kier alpha value is -9.75. The van der Waals surface area contributed by atoms with E-state index in [2.05, 4.69) is 125 Å². The first kappa shape index (κ1) is 108.